The molecule has 0 spiro atoms. The highest BCUT2D eigenvalue weighted by molar-refractivity contribution is 6.07. The van der Waals surface area contributed by atoms with Gasteiger partial charge >= 0.3 is 0 Å². The molecule has 4 aromatic heterocycles. The lowest BCUT2D eigenvalue weighted by Gasteiger charge is -2.09. The molecule has 0 saturated heterocycles. The number of rotatable bonds is 4. The van der Waals surface area contributed by atoms with Crippen molar-refractivity contribution < 1.29 is 4.79 Å². The maximum atomic E-state index is 12.9. The number of hydrogen-bond acceptors (Lipinski definition) is 5. The molecule has 0 radical (unpaired) electrons. The van der Waals surface area contributed by atoms with Gasteiger partial charge in [0.15, 0.2) is 11.5 Å². The minimum atomic E-state index is -0.333. The second-order valence-electron chi connectivity index (χ2n) is 6.49. The smallest absolute Gasteiger partial charge is 0.277 e. The SMILES string of the molecule is Cc1cccc(NC(=O)c2nc(-c3ccnn3C(C)C)n3ccncc23)n1. The molecule has 0 aliphatic heterocycles. The number of aromatic nitrogens is 6. The summed E-state index contributed by atoms with van der Waals surface area (Å²) in [6.45, 7) is 5.96. The van der Waals surface area contributed by atoms with Crippen LogP contribution in [0.15, 0.2) is 49.1 Å². The zero-order valence-electron chi connectivity index (χ0n) is 15.3. The standard InChI is InChI=1S/C19H19N7O/c1-12(2)26-14(7-8-21-26)18-24-17(15-11-20-9-10-25(15)18)19(27)23-16-6-4-5-13(3)22-16/h4-12H,1-3H3,(H,22,23,27). The number of pyridine rings is 1. The quantitative estimate of drug-likeness (QED) is 0.603. The van der Waals surface area contributed by atoms with Crippen molar-refractivity contribution >= 4 is 17.2 Å². The molecule has 0 atom stereocenters. The molecule has 4 aromatic rings. The molecule has 0 unspecified atom stereocenters. The number of carbonyl (C=O) groups is 1. The van der Waals surface area contributed by atoms with E-state index in [0.29, 0.717) is 17.2 Å². The summed E-state index contributed by atoms with van der Waals surface area (Å²) in [6.07, 6.45) is 6.81. The fourth-order valence-corrected chi connectivity index (χ4v) is 2.98. The lowest BCUT2D eigenvalue weighted by molar-refractivity contribution is 0.102. The van der Waals surface area contributed by atoms with Crippen LogP contribution in [-0.4, -0.2) is 35.0 Å². The van der Waals surface area contributed by atoms with Gasteiger partial charge in [0.05, 0.1) is 11.7 Å². The Morgan fingerprint density at radius 2 is 2.00 bits per heavy atom. The first-order valence-electron chi connectivity index (χ1n) is 8.65. The molecule has 136 valence electrons. The molecule has 8 heteroatoms. The van der Waals surface area contributed by atoms with Gasteiger partial charge in [-0.1, -0.05) is 6.07 Å². The molecule has 0 fully saturated rings. The number of carbonyl (C=O) groups excluding carboxylic acids is 1. The van der Waals surface area contributed by atoms with Crippen molar-refractivity contribution in [2.24, 2.45) is 0 Å². The van der Waals surface area contributed by atoms with Crippen LogP contribution in [0.4, 0.5) is 5.82 Å². The van der Waals surface area contributed by atoms with Gasteiger partial charge < -0.3 is 5.32 Å². The van der Waals surface area contributed by atoms with Crippen molar-refractivity contribution in [1.82, 2.24) is 29.1 Å². The van der Waals surface area contributed by atoms with Crippen LogP contribution in [0, 0.1) is 6.92 Å². The molecule has 0 aromatic carbocycles. The van der Waals surface area contributed by atoms with E-state index in [0.717, 1.165) is 11.4 Å². The fraction of sp³-hybridized carbons (Fsp3) is 0.211. The minimum Gasteiger partial charge on any atom is -0.305 e. The highest BCUT2D eigenvalue weighted by atomic mass is 16.2. The van der Waals surface area contributed by atoms with E-state index in [9.17, 15) is 4.79 Å². The highest BCUT2D eigenvalue weighted by Gasteiger charge is 2.21. The van der Waals surface area contributed by atoms with Gasteiger partial charge in [0.2, 0.25) is 0 Å². The van der Waals surface area contributed by atoms with Gasteiger partial charge in [0.1, 0.15) is 11.5 Å². The Morgan fingerprint density at radius 1 is 1.15 bits per heavy atom. The summed E-state index contributed by atoms with van der Waals surface area (Å²) in [5.74, 6) is 0.792. The summed E-state index contributed by atoms with van der Waals surface area (Å²) in [6, 6.07) is 7.52. The Balaban J connectivity index is 1.80. The predicted molar refractivity (Wildman–Crippen MR) is 102 cm³/mol. The average Bonchev–Trinajstić information content (AvgIpc) is 3.26. The summed E-state index contributed by atoms with van der Waals surface area (Å²) in [5, 5.41) is 7.18. The summed E-state index contributed by atoms with van der Waals surface area (Å²) in [5.41, 5.74) is 2.57. The molecule has 0 aliphatic rings. The number of aryl methyl sites for hydroxylation is 1. The molecular weight excluding hydrogens is 342 g/mol. The van der Waals surface area contributed by atoms with Crippen LogP contribution in [-0.2, 0) is 0 Å². The molecule has 27 heavy (non-hydrogen) atoms. The van der Waals surface area contributed by atoms with E-state index in [2.05, 4.69) is 25.4 Å². The van der Waals surface area contributed by atoms with Crippen LogP contribution in [0.5, 0.6) is 0 Å². The molecule has 4 rings (SSSR count). The molecule has 1 amide bonds. The molecule has 4 heterocycles. The highest BCUT2D eigenvalue weighted by Crippen LogP contribution is 2.24. The number of nitrogens with one attached hydrogen (secondary N) is 1. The maximum absolute atomic E-state index is 12.9. The normalized spacial score (nSPS) is 11.3. The molecule has 0 aliphatic carbocycles. The van der Waals surface area contributed by atoms with Gasteiger partial charge in [0.25, 0.3) is 5.91 Å². The summed E-state index contributed by atoms with van der Waals surface area (Å²) >= 11 is 0. The zero-order valence-corrected chi connectivity index (χ0v) is 15.3. The summed E-state index contributed by atoms with van der Waals surface area (Å²) in [7, 11) is 0. The predicted octanol–water partition coefficient (Wildman–Crippen LogP) is 3.13. The number of imidazole rings is 1. The molecule has 0 saturated carbocycles. The Bertz CT molecular complexity index is 1130. The van der Waals surface area contributed by atoms with E-state index in [1.165, 1.54) is 0 Å². The topological polar surface area (TPSA) is 90.0 Å². The van der Waals surface area contributed by atoms with Crippen molar-refractivity contribution in [2.75, 3.05) is 5.32 Å². The summed E-state index contributed by atoms with van der Waals surface area (Å²) in [4.78, 5) is 25.9. The lowest BCUT2D eigenvalue weighted by atomic mass is 10.3. The second kappa shape index (κ2) is 6.64. The number of hydrogen-bond donors (Lipinski definition) is 1. The third-order valence-electron chi connectivity index (χ3n) is 4.18. The van der Waals surface area contributed by atoms with E-state index in [1.54, 1.807) is 30.9 Å². The van der Waals surface area contributed by atoms with Crippen LogP contribution >= 0.6 is 0 Å². The minimum absolute atomic E-state index is 0.165. The van der Waals surface area contributed by atoms with Crippen LogP contribution < -0.4 is 5.32 Å². The van der Waals surface area contributed by atoms with E-state index in [1.807, 2.05) is 48.1 Å². The third-order valence-corrected chi connectivity index (χ3v) is 4.18. The van der Waals surface area contributed by atoms with Crippen LogP contribution in [0.1, 0.15) is 36.1 Å². The molecule has 0 bridgehead atoms. The van der Waals surface area contributed by atoms with Crippen molar-refractivity contribution in [2.45, 2.75) is 26.8 Å². The maximum Gasteiger partial charge on any atom is 0.277 e. The first-order chi connectivity index (χ1) is 13.0. The Labute approximate surface area is 155 Å². The fourth-order valence-electron chi connectivity index (χ4n) is 2.98. The molecule has 1 N–H and O–H groups in total. The monoisotopic (exact) mass is 361 g/mol. The van der Waals surface area contributed by atoms with Crippen molar-refractivity contribution in [3.8, 4) is 11.5 Å². The van der Waals surface area contributed by atoms with Crippen molar-refractivity contribution in [1.29, 1.82) is 0 Å². The van der Waals surface area contributed by atoms with Gasteiger partial charge in [-0.05, 0) is 39.0 Å². The largest absolute Gasteiger partial charge is 0.305 e. The van der Waals surface area contributed by atoms with Crippen molar-refractivity contribution in [3.63, 3.8) is 0 Å². The van der Waals surface area contributed by atoms with Gasteiger partial charge in [-0.3, -0.25) is 18.9 Å². The summed E-state index contributed by atoms with van der Waals surface area (Å²) < 4.78 is 3.72. The second-order valence-corrected chi connectivity index (χ2v) is 6.49. The van der Waals surface area contributed by atoms with Gasteiger partial charge in [0, 0.05) is 30.3 Å². The Hall–Kier alpha value is -3.55. The average molecular weight is 361 g/mol. The zero-order chi connectivity index (χ0) is 19.0. The van der Waals surface area contributed by atoms with E-state index in [-0.39, 0.29) is 17.6 Å². The number of amides is 1. The van der Waals surface area contributed by atoms with Crippen LogP contribution in [0.3, 0.4) is 0 Å². The molecule has 8 nitrogen and oxygen atoms in total. The van der Waals surface area contributed by atoms with Crippen LogP contribution in [0.25, 0.3) is 17.0 Å². The van der Waals surface area contributed by atoms with Crippen LogP contribution in [0.2, 0.25) is 0 Å². The van der Waals surface area contributed by atoms with Gasteiger partial charge in [-0.2, -0.15) is 5.10 Å². The number of fused-ring (bicyclic) bond motifs is 1. The van der Waals surface area contributed by atoms with Crippen molar-refractivity contribution in [3.05, 3.63) is 60.4 Å². The van der Waals surface area contributed by atoms with Gasteiger partial charge in [-0.15, -0.1) is 0 Å². The first-order valence-corrected chi connectivity index (χ1v) is 8.65. The molecular formula is C19H19N7O. The van der Waals surface area contributed by atoms with E-state index in [4.69, 9.17) is 0 Å². The Kier molecular flexibility index (Phi) is 4.15. The third kappa shape index (κ3) is 3.05. The van der Waals surface area contributed by atoms with E-state index >= 15 is 0 Å². The number of anilines is 1. The first kappa shape index (κ1) is 16.9. The lowest BCUT2D eigenvalue weighted by Crippen LogP contribution is -2.14. The number of nitrogens with zero attached hydrogens (tertiary/aromatic N) is 6. The van der Waals surface area contributed by atoms with Gasteiger partial charge in [-0.25, -0.2) is 9.97 Å². The van der Waals surface area contributed by atoms with E-state index < -0.39 is 0 Å². The Morgan fingerprint density at radius 3 is 2.78 bits per heavy atom.